The van der Waals surface area contributed by atoms with Gasteiger partial charge in [0.05, 0.1) is 5.38 Å². The highest BCUT2D eigenvalue weighted by Crippen LogP contribution is 2.48. The van der Waals surface area contributed by atoms with E-state index in [1.165, 1.54) is 19.8 Å². The number of hydrogen-bond acceptors (Lipinski definition) is 2. The van der Waals surface area contributed by atoms with Gasteiger partial charge in [-0.05, 0) is 31.1 Å². The summed E-state index contributed by atoms with van der Waals surface area (Å²) in [5.74, 6) is 0.945. The SMILES string of the molecule is CC(=O)O[C@H]1[C@H]2CC[C@H](C2)[C@@H]1Cl. The first-order valence-corrected chi connectivity index (χ1v) is 4.93. The number of esters is 1. The number of alkyl halides is 1. The van der Waals surface area contributed by atoms with Crippen molar-refractivity contribution >= 4 is 17.6 Å². The number of carbonyl (C=O) groups excluding carboxylic acids is 1. The van der Waals surface area contributed by atoms with E-state index in [2.05, 4.69) is 0 Å². The molecule has 12 heavy (non-hydrogen) atoms. The summed E-state index contributed by atoms with van der Waals surface area (Å²) in [7, 11) is 0. The van der Waals surface area contributed by atoms with Crippen molar-refractivity contribution in [1.29, 1.82) is 0 Å². The molecule has 0 saturated heterocycles. The van der Waals surface area contributed by atoms with Gasteiger partial charge in [0.1, 0.15) is 6.10 Å². The summed E-state index contributed by atoms with van der Waals surface area (Å²) in [5, 5.41) is 0.0765. The average molecular weight is 189 g/mol. The van der Waals surface area contributed by atoms with E-state index in [1.54, 1.807) is 0 Å². The Kier molecular flexibility index (Phi) is 2.03. The van der Waals surface area contributed by atoms with Crippen LogP contribution in [0.3, 0.4) is 0 Å². The average Bonchev–Trinajstić information content (AvgIpc) is 2.53. The van der Waals surface area contributed by atoms with Gasteiger partial charge in [-0.15, -0.1) is 11.6 Å². The quantitative estimate of drug-likeness (QED) is 0.465. The molecule has 0 aromatic carbocycles. The monoisotopic (exact) mass is 188 g/mol. The van der Waals surface area contributed by atoms with Crippen LogP contribution in [-0.2, 0) is 9.53 Å². The van der Waals surface area contributed by atoms with Crippen LogP contribution in [0.4, 0.5) is 0 Å². The molecule has 0 aromatic heterocycles. The zero-order valence-electron chi connectivity index (χ0n) is 7.13. The number of halogens is 1. The van der Waals surface area contributed by atoms with Gasteiger partial charge in [-0.25, -0.2) is 0 Å². The molecule has 2 nitrogen and oxygen atoms in total. The van der Waals surface area contributed by atoms with Crippen LogP contribution in [0, 0.1) is 11.8 Å². The summed E-state index contributed by atoms with van der Waals surface area (Å²) in [6.07, 6.45) is 3.57. The maximum Gasteiger partial charge on any atom is 0.302 e. The van der Waals surface area contributed by atoms with Gasteiger partial charge in [0, 0.05) is 6.92 Å². The third-order valence-corrected chi connectivity index (χ3v) is 3.65. The van der Waals surface area contributed by atoms with Crippen LogP contribution < -0.4 is 0 Å². The fraction of sp³-hybridized carbons (Fsp3) is 0.889. The number of ether oxygens (including phenoxy) is 1. The van der Waals surface area contributed by atoms with E-state index in [0.29, 0.717) is 11.8 Å². The smallest absolute Gasteiger partial charge is 0.302 e. The van der Waals surface area contributed by atoms with Gasteiger partial charge in [-0.3, -0.25) is 4.79 Å². The van der Waals surface area contributed by atoms with Gasteiger partial charge in [0.15, 0.2) is 0 Å². The Labute approximate surface area is 77.2 Å². The lowest BCUT2D eigenvalue weighted by molar-refractivity contribution is -0.148. The second-order valence-corrected chi connectivity index (χ2v) is 4.36. The van der Waals surface area contributed by atoms with Crippen molar-refractivity contribution in [3.63, 3.8) is 0 Å². The van der Waals surface area contributed by atoms with E-state index in [0.717, 1.165) is 6.42 Å². The predicted molar refractivity (Wildman–Crippen MR) is 46.0 cm³/mol. The lowest BCUT2D eigenvalue weighted by Crippen LogP contribution is -2.32. The molecule has 68 valence electrons. The van der Waals surface area contributed by atoms with Crippen molar-refractivity contribution in [2.24, 2.45) is 11.8 Å². The lowest BCUT2D eigenvalue weighted by atomic mass is 9.97. The minimum Gasteiger partial charge on any atom is -0.461 e. The highest BCUT2D eigenvalue weighted by molar-refractivity contribution is 6.21. The summed E-state index contributed by atoms with van der Waals surface area (Å²) >= 11 is 6.14. The van der Waals surface area contributed by atoms with E-state index < -0.39 is 0 Å². The molecular formula is C9H13ClO2. The van der Waals surface area contributed by atoms with Crippen molar-refractivity contribution in [3.8, 4) is 0 Å². The molecule has 2 bridgehead atoms. The third kappa shape index (κ3) is 1.22. The number of hydrogen-bond donors (Lipinski definition) is 0. The molecule has 0 heterocycles. The summed E-state index contributed by atoms with van der Waals surface area (Å²) in [4.78, 5) is 10.7. The van der Waals surface area contributed by atoms with Gasteiger partial charge < -0.3 is 4.74 Å². The molecule has 2 aliphatic carbocycles. The number of fused-ring (bicyclic) bond motifs is 2. The molecule has 3 heteroatoms. The fourth-order valence-corrected chi connectivity index (χ4v) is 3.01. The molecule has 2 aliphatic rings. The lowest BCUT2D eigenvalue weighted by Gasteiger charge is -2.25. The predicted octanol–water partition coefficient (Wildman–Crippen LogP) is 1.96. The summed E-state index contributed by atoms with van der Waals surface area (Å²) in [6, 6.07) is 0. The van der Waals surface area contributed by atoms with Crippen LogP contribution in [0.15, 0.2) is 0 Å². The molecule has 2 saturated carbocycles. The Morgan fingerprint density at radius 3 is 2.58 bits per heavy atom. The first-order chi connectivity index (χ1) is 5.68. The number of rotatable bonds is 1. The van der Waals surface area contributed by atoms with Crippen molar-refractivity contribution in [2.75, 3.05) is 0 Å². The molecule has 0 unspecified atom stereocenters. The van der Waals surface area contributed by atoms with Crippen LogP contribution >= 0.6 is 11.6 Å². The van der Waals surface area contributed by atoms with Crippen LogP contribution in [0.5, 0.6) is 0 Å². The maximum absolute atomic E-state index is 10.7. The van der Waals surface area contributed by atoms with Crippen LogP contribution in [0.25, 0.3) is 0 Å². The molecular weight excluding hydrogens is 176 g/mol. The van der Waals surface area contributed by atoms with Gasteiger partial charge in [-0.2, -0.15) is 0 Å². The van der Waals surface area contributed by atoms with Gasteiger partial charge in [0.25, 0.3) is 0 Å². The molecule has 0 radical (unpaired) electrons. The maximum atomic E-state index is 10.7. The second-order valence-electron chi connectivity index (χ2n) is 3.85. The summed E-state index contributed by atoms with van der Waals surface area (Å²) in [5.41, 5.74) is 0. The minimum atomic E-state index is -0.196. The second kappa shape index (κ2) is 2.91. The third-order valence-electron chi connectivity index (χ3n) is 3.04. The van der Waals surface area contributed by atoms with E-state index >= 15 is 0 Å². The zero-order valence-corrected chi connectivity index (χ0v) is 7.88. The molecule has 2 fully saturated rings. The molecule has 0 aromatic rings. The molecule has 0 N–H and O–H groups in total. The van der Waals surface area contributed by atoms with E-state index in [1.807, 2.05) is 0 Å². The molecule has 0 amide bonds. The van der Waals surface area contributed by atoms with Crippen LogP contribution in [-0.4, -0.2) is 17.5 Å². The first-order valence-electron chi connectivity index (χ1n) is 4.50. The molecule has 0 spiro atoms. The Balaban J connectivity index is 2.02. The van der Waals surface area contributed by atoms with Crippen molar-refractivity contribution in [2.45, 2.75) is 37.7 Å². The largest absolute Gasteiger partial charge is 0.461 e. The first kappa shape index (κ1) is 8.36. The van der Waals surface area contributed by atoms with Crippen molar-refractivity contribution in [1.82, 2.24) is 0 Å². The summed E-state index contributed by atoms with van der Waals surface area (Å²) < 4.78 is 5.19. The highest BCUT2D eigenvalue weighted by Gasteiger charge is 2.48. The van der Waals surface area contributed by atoms with Gasteiger partial charge in [0.2, 0.25) is 0 Å². The van der Waals surface area contributed by atoms with Gasteiger partial charge in [-0.1, -0.05) is 0 Å². The minimum absolute atomic E-state index is 0.00270. The molecule has 0 aliphatic heterocycles. The van der Waals surface area contributed by atoms with Crippen LogP contribution in [0.1, 0.15) is 26.2 Å². The fourth-order valence-electron chi connectivity index (χ4n) is 2.52. The Morgan fingerprint density at radius 2 is 2.08 bits per heavy atom. The van der Waals surface area contributed by atoms with E-state index in [9.17, 15) is 4.79 Å². The topological polar surface area (TPSA) is 26.3 Å². The van der Waals surface area contributed by atoms with Crippen LogP contribution in [0.2, 0.25) is 0 Å². The summed E-state index contributed by atoms with van der Waals surface area (Å²) in [6.45, 7) is 1.45. The Hall–Kier alpha value is -0.240. The Morgan fingerprint density at radius 1 is 1.42 bits per heavy atom. The van der Waals surface area contributed by atoms with Gasteiger partial charge >= 0.3 is 5.97 Å². The Bertz CT molecular complexity index is 203. The molecule has 2 rings (SSSR count). The highest BCUT2D eigenvalue weighted by atomic mass is 35.5. The molecule has 4 atom stereocenters. The van der Waals surface area contributed by atoms with Crippen molar-refractivity contribution < 1.29 is 9.53 Å². The van der Waals surface area contributed by atoms with E-state index in [4.69, 9.17) is 16.3 Å². The number of carbonyl (C=O) groups is 1. The van der Waals surface area contributed by atoms with E-state index in [-0.39, 0.29) is 17.5 Å². The standard InChI is InChI=1S/C9H13ClO2/c1-5(11)12-9-7-3-2-6(4-7)8(9)10/h6-9H,2-4H2,1H3/t6-,7+,8+,9+/m1/s1. The zero-order chi connectivity index (χ0) is 8.72. The van der Waals surface area contributed by atoms with Crippen molar-refractivity contribution in [3.05, 3.63) is 0 Å². The normalized spacial score (nSPS) is 44.8.